The molecule has 1 aliphatic rings. The third-order valence-electron chi connectivity index (χ3n) is 1.55. The number of carbonyl (C=O) groups is 1. The van der Waals surface area contributed by atoms with Gasteiger partial charge in [-0.25, -0.2) is 0 Å². The molecule has 2 unspecified atom stereocenters. The van der Waals surface area contributed by atoms with Crippen molar-refractivity contribution in [2.24, 2.45) is 5.73 Å². The Kier molecular flexibility index (Phi) is 1.71. The molecule has 0 aromatic heterocycles. The maximum Gasteiger partial charge on any atom is 0.246 e. The van der Waals surface area contributed by atoms with Crippen LogP contribution in [0.15, 0.2) is 0 Å². The highest BCUT2D eigenvalue weighted by molar-refractivity contribution is 5.79. The van der Waals surface area contributed by atoms with Gasteiger partial charge in [0.1, 0.15) is 6.10 Å². The summed E-state index contributed by atoms with van der Waals surface area (Å²) in [5.41, 5.74) is 5.00. The van der Waals surface area contributed by atoms with Gasteiger partial charge in [-0.05, 0) is 19.8 Å². The molecule has 1 aliphatic heterocycles. The van der Waals surface area contributed by atoms with E-state index in [2.05, 4.69) is 0 Å². The summed E-state index contributed by atoms with van der Waals surface area (Å²) in [6.45, 7) is 1.95. The van der Waals surface area contributed by atoms with Gasteiger partial charge in [0.05, 0.1) is 6.10 Å². The predicted molar refractivity (Wildman–Crippen MR) is 32.8 cm³/mol. The monoisotopic (exact) mass is 129 g/mol. The molecule has 1 rings (SSSR count). The lowest BCUT2D eigenvalue weighted by Crippen LogP contribution is -2.28. The van der Waals surface area contributed by atoms with E-state index in [1.165, 1.54) is 0 Å². The topological polar surface area (TPSA) is 52.3 Å². The van der Waals surface area contributed by atoms with Gasteiger partial charge in [0.25, 0.3) is 0 Å². The SMILES string of the molecule is CC1CCC(C(N)=O)O1. The highest BCUT2D eigenvalue weighted by Gasteiger charge is 2.25. The van der Waals surface area contributed by atoms with Gasteiger partial charge in [0.2, 0.25) is 5.91 Å². The number of hydrogen-bond acceptors (Lipinski definition) is 2. The van der Waals surface area contributed by atoms with Crippen LogP contribution in [0.5, 0.6) is 0 Å². The first-order valence-electron chi connectivity index (χ1n) is 3.15. The molecule has 0 bridgehead atoms. The van der Waals surface area contributed by atoms with E-state index in [-0.39, 0.29) is 18.1 Å². The number of ether oxygens (including phenoxy) is 1. The number of hydrogen-bond donors (Lipinski definition) is 1. The van der Waals surface area contributed by atoms with Crippen LogP contribution in [-0.4, -0.2) is 18.1 Å². The second-order valence-electron chi connectivity index (χ2n) is 2.42. The molecule has 0 aliphatic carbocycles. The summed E-state index contributed by atoms with van der Waals surface area (Å²) in [5.74, 6) is -0.334. The van der Waals surface area contributed by atoms with Crippen LogP contribution in [0.1, 0.15) is 19.8 Å². The lowest BCUT2D eigenvalue weighted by Gasteiger charge is -2.04. The molecule has 9 heavy (non-hydrogen) atoms. The first-order chi connectivity index (χ1) is 4.20. The molecule has 1 amide bonds. The summed E-state index contributed by atoms with van der Waals surface area (Å²) in [4.78, 5) is 10.4. The Morgan fingerprint density at radius 2 is 2.33 bits per heavy atom. The van der Waals surface area contributed by atoms with Crippen molar-refractivity contribution in [3.8, 4) is 0 Å². The second-order valence-corrected chi connectivity index (χ2v) is 2.42. The zero-order valence-electron chi connectivity index (χ0n) is 5.46. The Morgan fingerprint density at radius 1 is 1.67 bits per heavy atom. The fraction of sp³-hybridized carbons (Fsp3) is 0.833. The minimum absolute atomic E-state index is 0.211. The van der Waals surface area contributed by atoms with Crippen LogP contribution in [0.4, 0.5) is 0 Å². The van der Waals surface area contributed by atoms with E-state index in [9.17, 15) is 4.79 Å². The molecule has 0 saturated carbocycles. The maximum atomic E-state index is 10.4. The summed E-state index contributed by atoms with van der Waals surface area (Å²) in [7, 11) is 0. The Morgan fingerprint density at radius 3 is 2.56 bits per heavy atom. The van der Waals surface area contributed by atoms with Gasteiger partial charge in [0.15, 0.2) is 0 Å². The summed E-state index contributed by atoms with van der Waals surface area (Å²) in [6, 6.07) is 0. The van der Waals surface area contributed by atoms with Crippen molar-refractivity contribution < 1.29 is 9.53 Å². The molecule has 0 radical (unpaired) electrons. The lowest BCUT2D eigenvalue weighted by atomic mass is 10.2. The standard InChI is InChI=1S/C6H11NO2/c1-4-2-3-5(9-4)6(7)8/h4-5H,2-3H2,1H3,(H2,7,8). The summed E-state index contributed by atoms with van der Waals surface area (Å²) < 4.78 is 5.15. The van der Waals surface area contributed by atoms with Crippen molar-refractivity contribution in [1.82, 2.24) is 0 Å². The minimum atomic E-state index is -0.334. The Labute approximate surface area is 54.2 Å². The van der Waals surface area contributed by atoms with Gasteiger partial charge in [0, 0.05) is 0 Å². The van der Waals surface area contributed by atoms with E-state index >= 15 is 0 Å². The molecule has 2 N–H and O–H groups in total. The Balaban J connectivity index is 2.39. The zero-order chi connectivity index (χ0) is 6.85. The Hall–Kier alpha value is -0.570. The molecule has 0 aromatic carbocycles. The lowest BCUT2D eigenvalue weighted by molar-refractivity contribution is -0.128. The van der Waals surface area contributed by atoms with Crippen LogP contribution >= 0.6 is 0 Å². The van der Waals surface area contributed by atoms with Crippen molar-refractivity contribution >= 4 is 5.91 Å². The number of rotatable bonds is 1. The van der Waals surface area contributed by atoms with Gasteiger partial charge in [-0.1, -0.05) is 0 Å². The molecule has 2 atom stereocenters. The van der Waals surface area contributed by atoms with E-state index in [0.717, 1.165) is 12.8 Å². The van der Waals surface area contributed by atoms with Gasteiger partial charge < -0.3 is 10.5 Å². The first kappa shape index (κ1) is 6.55. The first-order valence-corrected chi connectivity index (χ1v) is 3.15. The molecular formula is C6H11NO2. The van der Waals surface area contributed by atoms with Crippen LogP contribution in [0.25, 0.3) is 0 Å². The van der Waals surface area contributed by atoms with E-state index in [1.807, 2.05) is 6.92 Å². The van der Waals surface area contributed by atoms with E-state index < -0.39 is 0 Å². The van der Waals surface area contributed by atoms with Crippen molar-refractivity contribution in [3.05, 3.63) is 0 Å². The fourth-order valence-electron chi connectivity index (χ4n) is 1.01. The highest BCUT2D eigenvalue weighted by Crippen LogP contribution is 2.17. The van der Waals surface area contributed by atoms with Gasteiger partial charge in [-0.3, -0.25) is 4.79 Å². The van der Waals surface area contributed by atoms with Gasteiger partial charge >= 0.3 is 0 Å². The number of nitrogens with two attached hydrogens (primary N) is 1. The van der Waals surface area contributed by atoms with Gasteiger partial charge in [-0.15, -0.1) is 0 Å². The predicted octanol–water partition coefficient (Wildman–Crippen LogP) is 0.0392. The molecule has 0 spiro atoms. The van der Waals surface area contributed by atoms with Crippen molar-refractivity contribution in [1.29, 1.82) is 0 Å². The third-order valence-corrected chi connectivity index (χ3v) is 1.55. The average molecular weight is 129 g/mol. The van der Waals surface area contributed by atoms with Crippen molar-refractivity contribution in [2.45, 2.75) is 32.0 Å². The molecule has 1 heterocycles. The second kappa shape index (κ2) is 2.35. The molecule has 1 fully saturated rings. The van der Waals surface area contributed by atoms with E-state index in [0.29, 0.717) is 0 Å². The van der Waals surface area contributed by atoms with Crippen LogP contribution in [0.3, 0.4) is 0 Å². The van der Waals surface area contributed by atoms with Crippen LogP contribution in [-0.2, 0) is 9.53 Å². The molecule has 1 saturated heterocycles. The van der Waals surface area contributed by atoms with Crippen LogP contribution < -0.4 is 5.73 Å². The van der Waals surface area contributed by atoms with E-state index in [1.54, 1.807) is 0 Å². The van der Waals surface area contributed by atoms with Gasteiger partial charge in [-0.2, -0.15) is 0 Å². The summed E-state index contributed by atoms with van der Waals surface area (Å²) >= 11 is 0. The summed E-state index contributed by atoms with van der Waals surface area (Å²) in [6.07, 6.45) is 1.63. The Bertz CT molecular complexity index is 124. The number of carbonyl (C=O) groups excluding carboxylic acids is 1. The molecular weight excluding hydrogens is 118 g/mol. The smallest absolute Gasteiger partial charge is 0.246 e. The fourth-order valence-corrected chi connectivity index (χ4v) is 1.01. The maximum absolute atomic E-state index is 10.4. The number of primary amides is 1. The molecule has 3 nitrogen and oxygen atoms in total. The van der Waals surface area contributed by atoms with Crippen molar-refractivity contribution in [3.63, 3.8) is 0 Å². The average Bonchev–Trinajstić information content (AvgIpc) is 2.14. The van der Waals surface area contributed by atoms with E-state index in [4.69, 9.17) is 10.5 Å². The largest absolute Gasteiger partial charge is 0.367 e. The quantitative estimate of drug-likeness (QED) is 0.543. The third kappa shape index (κ3) is 1.42. The molecule has 3 heteroatoms. The zero-order valence-corrected chi connectivity index (χ0v) is 5.46. The minimum Gasteiger partial charge on any atom is -0.367 e. The molecule has 0 aromatic rings. The molecule has 52 valence electrons. The normalized spacial score (nSPS) is 34.8. The van der Waals surface area contributed by atoms with Crippen LogP contribution in [0, 0.1) is 0 Å². The summed E-state index contributed by atoms with van der Waals surface area (Å²) in [5, 5.41) is 0. The van der Waals surface area contributed by atoms with Crippen molar-refractivity contribution in [2.75, 3.05) is 0 Å². The number of amides is 1. The van der Waals surface area contributed by atoms with Crippen LogP contribution in [0.2, 0.25) is 0 Å². The highest BCUT2D eigenvalue weighted by atomic mass is 16.5.